The minimum absolute atomic E-state index is 0.0784. The molecule has 3 rings (SSSR count). The molecular formula is C20H21BrF3N3O. The van der Waals surface area contributed by atoms with E-state index in [9.17, 15) is 13.2 Å². The van der Waals surface area contributed by atoms with Gasteiger partial charge in [-0.05, 0) is 56.9 Å². The zero-order valence-electron chi connectivity index (χ0n) is 15.3. The molecule has 0 amide bonds. The number of allylic oxidation sites excluding steroid dienone is 1. The average Bonchev–Trinajstić information content (AvgIpc) is 2.65. The number of nitrogens with zero attached hydrogens (tertiary/aromatic N) is 1. The molecule has 28 heavy (non-hydrogen) atoms. The Labute approximate surface area is 170 Å². The van der Waals surface area contributed by atoms with Crippen LogP contribution in [0.3, 0.4) is 0 Å². The number of halogens is 4. The first kappa shape index (κ1) is 20.6. The molecule has 1 saturated carbocycles. The maximum Gasteiger partial charge on any atom is 0.417 e. The van der Waals surface area contributed by atoms with Gasteiger partial charge in [0.15, 0.2) is 0 Å². The number of hydrogen-bond acceptors (Lipinski definition) is 4. The molecule has 0 spiro atoms. The summed E-state index contributed by atoms with van der Waals surface area (Å²) >= 11 is 3.50. The summed E-state index contributed by atoms with van der Waals surface area (Å²) in [5.74, 6) is 0.781. The number of hydrogen-bond donors (Lipinski definition) is 2. The zero-order chi connectivity index (χ0) is 20.3. The second-order valence-corrected chi connectivity index (χ2v) is 7.99. The van der Waals surface area contributed by atoms with Crippen molar-refractivity contribution in [3.63, 3.8) is 0 Å². The van der Waals surface area contributed by atoms with Crippen molar-refractivity contribution in [2.24, 2.45) is 0 Å². The largest absolute Gasteiger partial charge is 0.489 e. The first-order valence-corrected chi connectivity index (χ1v) is 9.93. The minimum Gasteiger partial charge on any atom is -0.489 e. The summed E-state index contributed by atoms with van der Waals surface area (Å²) in [7, 11) is 0. The Hall–Kier alpha value is -2.14. The van der Waals surface area contributed by atoms with Gasteiger partial charge in [-0.2, -0.15) is 18.4 Å². The van der Waals surface area contributed by atoms with Gasteiger partial charge in [-0.15, -0.1) is 0 Å². The smallest absolute Gasteiger partial charge is 0.417 e. The van der Waals surface area contributed by atoms with E-state index in [1.54, 1.807) is 6.07 Å². The molecule has 1 aliphatic carbocycles. The van der Waals surface area contributed by atoms with Gasteiger partial charge >= 0.3 is 6.18 Å². The van der Waals surface area contributed by atoms with Gasteiger partial charge in [-0.25, -0.2) is 0 Å². The molecule has 0 radical (unpaired) electrons. The molecule has 1 aromatic carbocycles. The highest BCUT2D eigenvalue weighted by Crippen LogP contribution is 2.34. The molecule has 1 atom stereocenters. The van der Waals surface area contributed by atoms with Crippen LogP contribution in [0.5, 0.6) is 0 Å². The van der Waals surface area contributed by atoms with Gasteiger partial charge in [-0.3, -0.25) is 0 Å². The lowest BCUT2D eigenvalue weighted by molar-refractivity contribution is -0.137. The predicted molar refractivity (Wildman–Crippen MR) is 105 cm³/mol. The molecule has 4 nitrogen and oxygen atoms in total. The van der Waals surface area contributed by atoms with Crippen molar-refractivity contribution in [3.05, 3.63) is 51.8 Å². The van der Waals surface area contributed by atoms with Crippen molar-refractivity contribution >= 4 is 21.6 Å². The monoisotopic (exact) mass is 455 g/mol. The zero-order valence-corrected chi connectivity index (χ0v) is 16.9. The summed E-state index contributed by atoms with van der Waals surface area (Å²) in [6, 6.07) is 5.66. The third kappa shape index (κ3) is 5.02. The standard InChI is InChI=1S/C20H21BrF3N3O/c1-12-19(21)9-17(11-26-12)28-16-6-4-14(5-7-16)27-15-3-2-13(10-25)18(8-15)20(22,23)24/h2-3,8-9,11-12,14,16,26-27H,4-7H2,1H3. The highest BCUT2D eigenvalue weighted by Gasteiger charge is 2.34. The molecule has 0 bridgehead atoms. The van der Waals surface area contributed by atoms with Gasteiger partial charge in [0, 0.05) is 22.4 Å². The topological polar surface area (TPSA) is 57.1 Å². The van der Waals surface area contributed by atoms with E-state index in [2.05, 4.69) is 26.6 Å². The predicted octanol–water partition coefficient (Wildman–Crippen LogP) is 5.43. The molecule has 150 valence electrons. The number of ether oxygens (including phenoxy) is 1. The Bertz CT molecular complexity index is 821. The normalized spacial score (nSPS) is 25.1. The van der Waals surface area contributed by atoms with E-state index in [1.165, 1.54) is 12.1 Å². The summed E-state index contributed by atoms with van der Waals surface area (Å²) < 4.78 is 46.4. The summed E-state index contributed by atoms with van der Waals surface area (Å²) in [5, 5.41) is 15.3. The van der Waals surface area contributed by atoms with Crippen molar-refractivity contribution in [1.82, 2.24) is 5.32 Å². The Morgan fingerprint density at radius 2 is 1.96 bits per heavy atom. The Morgan fingerprint density at radius 1 is 1.25 bits per heavy atom. The lowest BCUT2D eigenvalue weighted by Gasteiger charge is -2.31. The number of rotatable bonds is 4. The molecule has 1 heterocycles. The Kier molecular flexibility index (Phi) is 6.23. The number of nitrogens with one attached hydrogen (secondary N) is 2. The fraction of sp³-hybridized carbons (Fsp3) is 0.450. The van der Waals surface area contributed by atoms with Crippen LogP contribution in [0, 0.1) is 11.3 Å². The van der Waals surface area contributed by atoms with Crippen LogP contribution >= 0.6 is 15.9 Å². The SMILES string of the molecule is CC1NC=C(OC2CCC(Nc3ccc(C#N)c(C(F)(F)F)c3)CC2)C=C1Br. The quantitative estimate of drug-likeness (QED) is 0.635. The molecule has 0 saturated heterocycles. The van der Waals surface area contributed by atoms with Crippen molar-refractivity contribution in [1.29, 1.82) is 5.26 Å². The average molecular weight is 456 g/mol. The highest BCUT2D eigenvalue weighted by molar-refractivity contribution is 9.11. The third-order valence-electron chi connectivity index (χ3n) is 4.96. The molecular weight excluding hydrogens is 435 g/mol. The van der Waals surface area contributed by atoms with Gasteiger partial charge in [0.25, 0.3) is 0 Å². The minimum atomic E-state index is -4.55. The second-order valence-electron chi connectivity index (χ2n) is 7.07. The summed E-state index contributed by atoms with van der Waals surface area (Å²) in [6.45, 7) is 2.04. The molecule has 2 aliphatic rings. The van der Waals surface area contributed by atoms with Crippen molar-refractivity contribution in [3.8, 4) is 6.07 Å². The first-order chi connectivity index (χ1) is 13.3. The second kappa shape index (κ2) is 8.48. The van der Waals surface area contributed by atoms with Crippen molar-refractivity contribution in [2.45, 2.75) is 57.0 Å². The van der Waals surface area contributed by atoms with Crippen LogP contribution in [0.2, 0.25) is 0 Å². The highest BCUT2D eigenvalue weighted by atomic mass is 79.9. The fourth-order valence-corrected chi connectivity index (χ4v) is 3.73. The van der Waals surface area contributed by atoms with E-state index in [0.717, 1.165) is 42.0 Å². The number of alkyl halides is 3. The Balaban J connectivity index is 1.56. The van der Waals surface area contributed by atoms with E-state index in [0.29, 0.717) is 5.69 Å². The van der Waals surface area contributed by atoms with E-state index in [4.69, 9.17) is 10.00 Å². The van der Waals surface area contributed by atoms with Crippen LogP contribution < -0.4 is 10.6 Å². The third-order valence-corrected chi connectivity index (χ3v) is 5.88. The number of nitriles is 1. The van der Waals surface area contributed by atoms with Gasteiger partial charge < -0.3 is 15.4 Å². The first-order valence-electron chi connectivity index (χ1n) is 9.14. The lowest BCUT2D eigenvalue weighted by atomic mass is 9.92. The van der Waals surface area contributed by atoms with Crippen molar-refractivity contribution < 1.29 is 17.9 Å². The number of dihydropyridines is 1. The van der Waals surface area contributed by atoms with Crippen LogP contribution in [0.1, 0.15) is 43.7 Å². The Morgan fingerprint density at radius 3 is 2.57 bits per heavy atom. The molecule has 1 aromatic rings. The summed E-state index contributed by atoms with van der Waals surface area (Å²) in [6.07, 6.45) is 2.59. The molecule has 0 aromatic heterocycles. The molecule has 1 unspecified atom stereocenters. The van der Waals surface area contributed by atoms with Crippen LogP contribution in [0.25, 0.3) is 0 Å². The van der Waals surface area contributed by atoms with E-state index in [1.807, 2.05) is 19.2 Å². The summed E-state index contributed by atoms with van der Waals surface area (Å²) in [5.41, 5.74) is -0.880. The number of anilines is 1. The maximum absolute atomic E-state index is 13.1. The van der Waals surface area contributed by atoms with Crippen LogP contribution in [-0.4, -0.2) is 18.2 Å². The molecule has 8 heteroatoms. The number of benzene rings is 1. The van der Waals surface area contributed by atoms with Crippen LogP contribution in [-0.2, 0) is 10.9 Å². The molecule has 1 fully saturated rings. The summed E-state index contributed by atoms with van der Waals surface area (Å²) in [4.78, 5) is 0. The van der Waals surface area contributed by atoms with E-state index in [-0.39, 0.29) is 23.8 Å². The molecule has 2 N–H and O–H groups in total. The van der Waals surface area contributed by atoms with Crippen LogP contribution in [0.4, 0.5) is 18.9 Å². The van der Waals surface area contributed by atoms with Gasteiger partial charge in [0.1, 0.15) is 5.76 Å². The van der Waals surface area contributed by atoms with E-state index < -0.39 is 11.7 Å². The van der Waals surface area contributed by atoms with Gasteiger partial charge in [0.05, 0.1) is 29.3 Å². The van der Waals surface area contributed by atoms with Crippen LogP contribution in [0.15, 0.2) is 40.7 Å². The van der Waals surface area contributed by atoms with Gasteiger partial charge in [0.2, 0.25) is 0 Å². The molecule has 1 aliphatic heterocycles. The maximum atomic E-state index is 13.1. The van der Waals surface area contributed by atoms with Gasteiger partial charge in [-0.1, -0.05) is 15.9 Å². The van der Waals surface area contributed by atoms with Crippen molar-refractivity contribution in [2.75, 3.05) is 5.32 Å². The van der Waals surface area contributed by atoms with E-state index >= 15 is 0 Å². The lowest BCUT2D eigenvalue weighted by Crippen LogP contribution is -2.31. The fourth-order valence-electron chi connectivity index (χ4n) is 3.38.